The molecule has 1 aromatic carbocycles. The van der Waals surface area contributed by atoms with Crippen molar-refractivity contribution >= 4 is 8.32 Å². The van der Waals surface area contributed by atoms with Crippen molar-refractivity contribution < 1.29 is 4.43 Å². The van der Waals surface area contributed by atoms with E-state index in [2.05, 4.69) is 78.0 Å². The zero-order valence-electron chi connectivity index (χ0n) is 15.1. The SMILES string of the molecule is CC(C)(CCO[Si](C)(C)C(C)(C)C)CCc1ccccc1. The number of rotatable bonds is 7. The van der Waals surface area contributed by atoms with E-state index in [1.165, 1.54) is 12.0 Å². The van der Waals surface area contributed by atoms with Gasteiger partial charge in [0.15, 0.2) is 8.32 Å². The second kappa shape index (κ2) is 7.10. The lowest BCUT2D eigenvalue weighted by Crippen LogP contribution is -2.41. The average Bonchev–Trinajstić information content (AvgIpc) is 2.36. The largest absolute Gasteiger partial charge is 0.417 e. The molecule has 0 aliphatic carbocycles. The van der Waals surface area contributed by atoms with Gasteiger partial charge in [-0.1, -0.05) is 65.0 Å². The van der Waals surface area contributed by atoms with E-state index in [1.54, 1.807) is 0 Å². The van der Waals surface area contributed by atoms with E-state index in [0.29, 0.717) is 10.5 Å². The van der Waals surface area contributed by atoms with Crippen LogP contribution in [0, 0.1) is 5.41 Å². The Balaban J connectivity index is 2.40. The first-order valence-electron chi connectivity index (χ1n) is 8.21. The summed E-state index contributed by atoms with van der Waals surface area (Å²) in [6, 6.07) is 10.8. The Bertz CT molecular complexity index is 415. The second-order valence-corrected chi connectivity index (χ2v) is 13.3. The first kappa shape index (κ1) is 18.4. The molecular formula is C19H34OSi. The molecule has 120 valence electrons. The topological polar surface area (TPSA) is 9.23 Å². The molecule has 0 spiro atoms. The maximum Gasteiger partial charge on any atom is 0.191 e. The first-order valence-corrected chi connectivity index (χ1v) is 11.1. The Morgan fingerprint density at radius 1 is 0.905 bits per heavy atom. The summed E-state index contributed by atoms with van der Waals surface area (Å²) < 4.78 is 6.32. The van der Waals surface area contributed by atoms with Crippen molar-refractivity contribution in [3.8, 4) is 0 Å². The van der Waals surface area contributed by atoms with Gasteiger partial charge >= 0.3 is 0 Å². The molecule has 2 heteroatoms. The van der Waals surface area contributed by atoms with E-state index < -0.39 is 8.32 Å². The number of hydrogen-bond donors (Lipinski definition) is 0. The number of benzene rings is 1. The molecule has 0 radical (unpaired) electrons. The summed E-state index contributed by atoms with van der Waals surface area (Å²) in [5, 5.41) is 0.307. The zero-order chi connectivity index (χ0) is 16.1. The minimum absolute atomic E-state index is 0.307. The van der Waals surface area contributed by atoms with Gasteiger partial charge in [-0.3, -0.25) is 0 Å². The van der Waals surface area contributed by atoms with Crippen molar-refractivity contribution in [2.24, 2.45) is 5.41 Å². The number of aryl methyl sites for hydroxylation is 1. The average molecular weight is 307 g/mol. The van der Waals surface area contributed by atoms with Crippen molar-refractivity contribution in [3.63, 3.8) is 0 Å². The molecule has 0 fully saturated rings. The van der Waals surface area contributed by atoms with E-state index in [9.17, 15) is 0 Å². The van der Waals surface area contributed by atoms with Gasteiger partial charge in [0.05, 0.1) is 0 Å². The fourth-order valence-electron chi connectivity index (χ4n) is 2.05. The molecule has 0 aromatic heterocycles. The molecular weight excluding hydrogens is 272 g/mol. The van der Waals surface area contributed by atoms with E-state index in [4.69, 9.17) is 4.43 Å². The van der Waals surface area contributed by atoms with Crippen LogP contribution in [-0.4, -0.2) is 14.9 Å². The quantitative estimate of drug-likeness (QED) is 0.556. The van der Waals surface area contributed by atoms with Crippen LogP contribution in [0.1, 0.15) is 53.0 Å². The van der Waals surface area contributed by atoms with Crippen molar-refractivity contribution in [3.05, 3.63) is 35.9 Å². The third kappa shape index (κ3) is 6.35. The lowest BCUT2D eigenvalue weighted by Gasteiger charge is -2.37. The van der Waals surface area contributed by atoms with Crippen molar-refractivity contribution in [1.29, 1.82) is 0 Å². The van der Waals surface area contributed by atoms with Crippen LogP contribution in [0.25, 0.3) is 0 Å². The fourth-order valence-corrected chi connectivity index (χ4v) is 3.10. The van der Waals surface area contributed by atoms with Crippen molar-refractivity contribution in [2.75, 3.05) is 6.61 Å². The standard InChI is InChI=1S/C19H34OSi/c1-18(2,3)21(6,7)20-16-15-19(4,5)14-13-17-11-9-8-10-12-17/h8-12H,13-16H2,1-7H3. The molecule has 0 amide bonds. The highest BCUT2D eigenvalue weighted by Gasteiger charge is 2.37. The van der Waals surface area contributed by atoms with Gasteiger partial charge in [-0.2, -0.15) is 0 Å². The minimum Gasteiger partial charge on any atom is -0.417 e. The molecule has 0 unspecified atom stereocenters. The Labute approximate surface area is 133 Å². The molecule has 1 aromatic rings. The van der Waals surface area contributed by atoms with Crippen LogP contribution < -0.4 is 0 Å². The molecule has 0 saturated heterocycles. The van der Waals surface area contributed by atoms with Gasteiger partial charge in [0.25, 0.3) is 0 Å². The van der Waals surface area contributed by atoms with Gasteiger partial charge in [-0.25, -0.2) is 0 Å². The summed E-state index contributed by atoms with van der Waals surface area (Å²) in [6.45, 7) is 17.2. The molecule has 0 aliphatic rings. The number of hydrogen-bond acceptors (Lipinski definition) is 1. The van der Waals surface area contributed by atoms with Crippen molar-refractivity contribution in [1.82, 2.24) is 0 Å². The summed E-state index contributed by atoms with van der Waals surface area (Å²) in [5.41, 5.74) is 1.79. The molecule has 0 aliphatic heterocycles. The van der Waals surface area contributed by atoms with Gasteiger partial charge in [-0.15, -0.1) is 0 Å². The van der Waals surface area contributed by atoms with Crippen LogP contribution in [0.4, 0.5) is 0 Å². The summed E-state index contributed by atoms with van der Waals surface area (Å²) in [6.07, 6.45) is 3.53. The van der Waals surface area contributed by atoms with Crippen LogP contribution in [-0.2, 0) is 10.8 Å². The summed E-state index contributed by atoms with van der Waals surface area (Å²) >= 11 is 0. The summed E-state index contributed by atoms with van der Waals surface area (Å²) in [7, 11) is -1.59. The van der Waals surface area contributed by atoms with Crippen LogP contribution in [0.3, 0.4) is 0 Å². The molecule has 0 bridgehead atoms. The monoisotopic (exact) mass is 306 g/mol. The van der Waals surface area contributed by atoms with Gasteiger partial charge in [0.2, 0.25) is 0 Å². The predicted molar refractivity (Wildman–Crippen MR) is 96.3 cm³/mol. The molecule has 0 saturated carbocycles. The van der Waals surface area contributed by atoms with Gasteiger partial charge in [0, 0.05) is 6.61 Å². The molecule has 1 rings (SSSR count). The second-order valence-electron chi connectivity index (χ2n) is 8.51. The molecule has 0 N–H and O–H groups in total. The van der Waals surface area contributed by atoms with Crippen LogP contribution in [0.15, 0.2) is 30.3 Å². The van der Waals surface area contributed by atoms with Crippen LogP contribution in [0.2, 0.25) is 18.1 Å². The summed E-state index contributed by atoms with van der Waals surface area (Å²) in [4.78, 5) is 0. The zero-order valence-corrected chi connectivity index (χ0v) is 16.1. The Morgan fingerprint density at radius 2 is 1.48 bits per heavy atom. The first-order chi connectivity index (χ1) is 9.54. The van der Waals surface area contributed by atoms with Crippen LogP contribution in [0.5, 0.6) is 0 Å². The lowest BCUT2D eigenvalue weighted by molar-refractivity contribution is 0.204. The molecule has 0 heterocycles. The highest BCUT2D eigenvalue weighted by Crippen LogP contribution is 2.37. The predicted octanol–water partition coefficient (Wildman–Crippen LogP) is 6.06. The highest BCUT2D eigenvalue weighted by atomic mass is 28.4. The molecule has 21 heavy (non-hydrogen) atoms. The third-order valence-corrected chi connectivity index (χ3v) is 9.52. The highest BCUT2D eigenvalue weighted by molar-refractivity contribution is 6.74. The smallest absolute Gasteiger partial charge is 0.191 e. The maximum absolute atomic E-state index is 6.32. The lowest BCUT2D eigenvalue weighted by atomic mass is 9.83. The van der Waals surface area contributed by atoms with Gasteiger partial charge < -0.3 is 4.43 Å². The van der Waals surface area contributed by atoms with Crippen LogP contribution >= 0.6 is 0 Å². The normalized spacial score (nSPS) is 13.5. The summed E-state index contributed by atoms with van der Waals surface area (Å²) in [5.74, 6) is 0. The Hall–Kier alpha value is -0.603. The van der Waals surface area contributed by atoms with Crippen molar-refractivity contribution in [2.45, 2.75) is 72.0 Å². The van der Waals surface area contributed by atoms with E-state index >= 15 is 0 Å². The van der Waals surface area contributed by atoms with E-state index in [-0.39, 0.29) is 0 Å². The van der Waals surface area contributed by atoms with E-state index in [0.717, 1.165) is 19.4 Å². The molecule has 1 nitrogen and oxygen atoms in total. The minimum atomic E-state index is -1.59. The third-order valence-electron chi connectivity index (χ3n) is 4.98. The Morgan fingerprint density at radius 3 is 2.00 bits per heavy atom. The van der Waals surface area contributed by atoms with Gasteiger partial charge in [0.1, 0.15) is 0 Å². The maximum atomic E-state index is 6.32. The Kier molecular flexibility index (Phi) is 6.24. The fraction of sp³-hybridized carbons (Fsp3) is 0.684. The van der Waals surface area contributed by atoms with Gasteiger partial charge in [-0.05, 0) is 48.4 Å². The molecule has 0 atom stereocenters. The van der Waals surface area contributed by atoms with E-state index in [1.807, 2.05) is 0 Å².